The van der Waals surface area contributed by atoms with Gasteiger partial charge < -0.3 is 15.2 Å². The molecule has 9 heteroatoms. The Morgan fingerprint density at radius 2 is 1.68 bits per heavy atom. The van der Waals surface area contributed by atoms with Gasteiger partial charge in [0.15, 0.2) is 0 Å². The number of ether oxygens (including phenoxy) is 1. The quantitative estimate of drug-likeness (QED) is 0.518. The number of rotatable bonds is 6. The molecular weight excluding hydrogens is 436 g/mol. The molecule has 0 saturated heterocycles. The molecule has 2 aliphatic carbocycles. The fourth-order valence-corrected chi connectivity index (χ4v) is 4.73. The van der Waals surface area contributed by atoms with E-state index in [1.807, 2.05) is 36.4 Å². The van der Waals surface area contributed by atoms with Crippen LogP contribution in [0.4, 0.5) is 10.5 Å². The molecule has 3 N–H and O–H groups in total. The first kappa shape index (κ1) is 21.7. The van der Waals surface area contributed by atoms with Gasteiger partial charge in [-0.3, -0.25) is 19.6 Å². The van der Waals surface area contributed by atoms with Gasteiger partial charge in [-0.25, -0.2) is 4.79 Å². The van der Waals surface area contributed by atoms with Crippen molar-refractivity contribution >= 4 is 23.7 Å². The second kappa shape index (κ2) is 8.66. The lowest BCUT2D eigenvalue weighted by molar-refractivity contribution is -0.145. The molecule has 0 atom stereocenters. The lowest BCUT2D eigenvalue weighted by Crippen LogP contribution is -2.47. The van der Waals surface area contributed by atoms with E-state index in [1.54, 1.807) is 7.05 Å². The average molecular weight is 460 g/mol. The molecule has 2 amide bonds. The molecule has 9 nitrogen and oxygen atoms in total. The van der Waals surface area contributed by atoms with Crippen LogP contribution in [0, 0.1) is 5.92 Å². The van der Waals surface area contributed by atoms with Gasteiger partial charge in [0, 0.05) is 19.0 Å². The normalized spacial score (nSPS) is 18.4. The van der Waals surface area contributed by atoms with Gasteiger partial charge in [0.05, 0.1) is 17.8 Å². The van der Waals surface area contributed by atoms with E-state index in [-0.39, 0.29) is 29.9 Å². The van der Waals surface area contributed by atoms with Crippen molar-refractivity contribution in [2.45, 2.75) is 24.8 Å². The molecule has 2 aliphatic rings. The van der Waals surface area contributed by atoms with Gasteiger partial charge in [-0.1, -0.05) is 48.5 Å². The minimum atomic E-state index is -0.858. The molecule has 0 unspecified atom stereocenters. The highest BCUT2D eigenvalue weighted by Gasteiger charge is 2.36. The molecule has 5 rings (SSSR count). The number of aryl methyl sites for hydroxylation is 1. The molecule has 2 aromatic carbocycles. The van der Waals surface area contributed by atoms with Crippen LogP contribution in [0.5, 0.6) is 0 Å². The first-order valence-electron chi connectivity index (χ1n) is 11.1. The number of benzene rings is 2. The second-order valence-corrected chi connectivity index (χ2v) is 8.66. The Kier molecular flexibility index (Phi) is 5.53. The summed E-state index contributed by atoms with van der Waals surface area (Å²) in [6, 6.07) is 15.9. The zero-order valence-corrected chi connectivity index (χ0v) is 18.5. The van der Waals surface area contributed by atoms with E-state index >= 15 is 0 Å². The third-order valence-electron chi connectivity index (χ3n) is 6.56. The molecule has 1 fully saturated rings. The summed E-state index contributed by atoms with van der Waals surface area (Å²) in [4.78, 5) is 36.3. The molecule has 0 spiro atoms. The topological polar surface area (TPSA) is 123 Å². The highest BCUT2D eigenvalue weighted by Crippen LogP contribution is 2.44. The predicted octanol–water partition coefficient (Wildman–Crippen LogP) is 3.37. The summed E-state index contributed by atoms with van der Waals surface area (Å²) in [6.45, 7) is 0.153. The molecular formula is C25H24N4O5. The molecule has 0 radical (unpaired) electrons. The van der Waals surface area contributed by atoms with Crippen molar-refractivity contribution in [2.75, 3.05) is 11.9 Å². The third-order valence-corrected chi connectivity index (χ3v) is 6.56. The number of fused-ring (bicyclic) bond motifs is 3. The van der Waals surface area contributed by atoms with Gasteiger partial charge in [-0.15, -0.1) is 0 Å². The molecule has 0 aliphatic heterocycles. The standard InChI is InChI=1S/C25H24N4O5/c1-29-22(23(30)27-15-10-14(11-15)24(31)32)21(12-26-29)28-25(33)34-13-20-18-8-4-2-6-16(18)17-7-3-5-9-19(17)20/h2-9,12,14-15,20H,10-11,13H2,1H3,(H,27,30)(H,28,33)(H,31,32). The van der Waals surface area contributed by atoms with E-state index in [0.717, 1.165) is 22.3 Å². The van der Waals surface area contributed by atoms with Crippen molar-refractivity contribution in [1.29, 1.82) is 0 Å². The van der Waals surface area contributed by atoms with Gasteiger partial charge in [0.1, 0.15) is 12.3 Å². The highest BCUT2D eigenvalue weighted by molar-refractivity contribution is 6.01. The van der Waals surface area contributed by atoms with Crippen LogP contribution < -0.4 is 10.6 Å². The Hall–Kier alpha value is -4.14. The van der Waals surface area contributed by atoms with Crippen LogP contribution in [0.25, 0.3) is 11.1 Å². The van der Waals surface area contributed by atoms with E-state index in [1.165, 1.54) is 10.9 Å². The lowest BCUT2D eigenvalue weighted by Gasteiger charge is -2.32. The van der Waals surface area contributed by atoms with Crippen LogP contribution in [0.2, 0.25) is 0 Å². The number of aliphatic carboxylic acids is 1. The maximum atomic E-state index is 12.7. The van der Waals surface area contributed by atoms with Crippen molar-refractivity contribution in [2.24, 2.45) is 13.0 Å². The zero-order valence-electron chi connectivity index (χ0n) is 18.5. The molecule has 1 saturated carbocycles. The number of carboxylic acid groups (broad SMARTS) is 1. The Balaban J connectivity index is 1.23. The summed E-state index contributed by atoms with van der Waals surface area (Å²) in [5.41, 5.74) is 4.90. The van der Waals surface area contributed by atoms with Crippen LogP contribution in [0.15, 0.2) is 54.7 Å². The number of carbonyl (C=O) groups excluding carboxylic acids is 2. The first-order valence-corrected chi connectivity index (χ1v) is 11.1. The number of hydrogen-bond acceptors (Lipinski definition) is 5. The summed E-state index contributed by atoms with van der Waals surface area (Å²) in [5.74, 6) is -1.79. The van der Waals surface area contributed by atoms with E-state index in [4.69, 9.17) is 9.84 Å². The monoisotopic (exact) mass is 460 g/mol. The van der Waals surface area contributed by atoms with Crippen LogP contribution >= 0.6 is 0 Å². The number of hydrogen-bond donors (Lipinski definition) is 3. The van der Waals surface area contributed by atoms with Gasteiger partial charge in [0.2, 0.25) is 0 Å². The smallest absolute Gasteiger partial charge is 0.411 e. The Labute approximate surface area is 195 Å². The van der Waals surface area contributed by atoms with Crippen molar-refractivity contribution in [1.82, 2.24) is 15.1 Å². The van der Waals surface area contributed by atoms with Crippen LogP contribution in [0.1, 0.15) is 40.4 Å². The fourth-order valence-electron chi connectivity index (χ4n) is 4.73. The first-order chi connectivity index (χ1) is 16.4. The van der Waals surface area contributed by atoms with Crippen LogP contribution in [0.3, 0.4) is 0 Å². The number of aromatic nitrogens is 2. The third kappa shape index (κ3) is 3.89. The Morgan fingerprint density at radius 1 is 1.06 bits per heavy atom. The van der Waals surface area contributed by atoms with Gasteiger partial charge in [0.25, 0.3) is 5.91 Å². The Morgan fingerprint density at radius 3 is 2.29 bits per heavy atom. The fraction of sp³-hybridized carbons (Fsp3) is 0.280. The number of nitrogens with zero attached hydrogens (tertiary/aromatic N) is 2. The van der Waals surface area contributed by atoms with Crippen LogP contribution in [-0.4, -0.2) is 45.5 Å². The lowest BCUT2D eigenvalue weighted by atomic mass is 9.80. The number of anilines is 1. The second-order valence-electron chi connectivity index (χ2n) is 8.66. The van der Waals surface area contributed by atoms with Crippen molar-refractivity contribution in [3.8, 4) is 11.1 Å². The van der Waals surface area contributed by atoms with Gasteiger partial charge in [-0.2, -0.15) is 5.10 Å². The molecule has 1 aromatic heterocycles. The number of nitrogens with one attached hydrogen (secondary N) is 2. The summed E-state index contributed by atoms with van der Waals surface area (Å²) in [7, 11) is 1.60. The molecule has 3 aromatic rings. The van der Waals surface area contributed by atoms with E-state index < -0.39 is 23.9 Å². The Bertz CT molecular complexity index is 1230. The summed E-state index contributed by atoms with van der Waals surface area (Å²) in [5, 5.41) is 18.5. The summed E-state index contributed by atoms with van der Waals surface area (Å²) >= 11 is 0. The maximum Gasteiger partial charge on any atom is 0.411 e. The van der Waals surface area contributed by atoms with Gasteiger partial charge in [-0.05, 0) is 35.1 Å². The zero-order chi connectivity index (χ0) is 23.8. The van der Waals surface area contributed by atoms with Crippen molar-refractivity contribution in [3.63, 3.8) is 0 Å². The minimum absolute atomic E-state index is 0.0735. The SMILES string of the molecule is Cn1ncc(NC(=O)OCC2c3ccccc3-c3ccccc32)c1C(=O)NC1CC(C(=O)O)C1. The van der Waals surface area contributed by atoms with Crippen molar-refractivity contribution < 1.29 is 24.2 Å². The predicted molar refractivity (Wildman–Crippen MR) is 124 cm³/mol. The molecule has 174 valence electrons. The maximum absolute atomic E-state index is 12.7. The number of carboxylic acids is 1. The molecule has 0 bridgehead atoms. The number of carbonyl (C=O) groups is 3. The van der Waals surface area contributed by atoms with E-state index in [0.29, 0.717) is 12.8 Å². The summed E-state index contributed by atoms with van der Waals surface area (Å²) in [6.07, 6.45) is 1.47. The van der Waals surface area contributed by atoms with Crippen LogP contribution in [-0.2, 0) is 16.6 Å². The average Bonchev–Trinajstić information content (AvgIpc) is 3.31. The van der Waals surface area contributed by atoms with E-state index in [9.17, 15) is 14.4 Å². The number of amides is 2. The largest absolute Gasteiger partial charge is 0.481 e. The van der Waals surface area contributed by atoms with Crippen molar-refractivity contribution in [3.05, 3.63) is 71.5 Å². The molecule has 1 heterocycles. The minimum Gasteiger partial charge on any atom is -0.481 e. The summed E-state index contributed by atoms with van der Waals surface area (Å²) < 4.78 is 6.92. The molecule has 34 heavy (non-hydrogen) atoms. The highest BCUT2D eigenvalue weighted by atomic mass is 16.5. The van der Waals surface area contributed by atoms with E-state index in [2.05, 4.69) is 27.9 Å². The van der Waals surface area contributed by atoms with Gasteiger partial charge >= 0.3 is 12.1 Å².